The highest BCUT2D eigenvalue weighted by molar-refractivity contribution is 7.80. The molecule has 0 saturated heterocycles. The number of hydrogen-bond acceptors (Lipinski definition) is 2. The molecule has 1 aliphatic heterocycles. The van der Waals surface area contributed by atoms with Crippen LogP contribution in [0.15, 0.2) is 65.4 Å². The maximum atomic E-state index is 13.4. The van der Waals surface area contributed by atoms with Crippen molar-refractivity contribution in [3.8, 4) is 0 Å². The minimum Gasteiger partial charge on any atom is -0.375 e. The molecule has 0 aromatic heterocycles. The third-order valence-corrected chi connectivity index (χ3v) is 5.19. The maximum Gasteiger partial charge on any atom is 0.186 e. The summed E-state index contributed by atoms with van der Waals surface area (Å²) in [6.45, 7) is 0. The zero-order valence-electron chi connectivity index (χ0n) is 14.6. The molecule has 4 rings (SSSR count). The van der Waals surface area contributed by atoms with Crippen LogP contribution in [-0.4, -0.2) is 10.1 Å². The quantitative estimate of drug-likeness (QED) is 0.744. The summed E-state index contributed by atoms with van der Waals surface area (Å²) in [6, 6.07) is 12.7. The summed E-state index contributed by atoms with van der Waals surface area (Å²) < 4.78 is 26.6. The SMILES string of the molecule is NC(=S)N1NC2=C(CCC/C2=C/c2ccc(F)cc2)[C@@H]1c1ccc(F)cc1. The lowest BCUT2D eigenvalue weighted by atomic mass is 9.86. The molecule has 3 nitrogen and oxygen atoms in total. The third-order valence-electron chi connectivity index (χ3n) is 4.99. The second-order valence-corrected chi connectivity index (χ2v) is 7.17. The predicted octanol–water partition coefficient (Wildman–Crippen LogP) is 4.59. The normalized spacial score (nSPS) is 20.6. The predicted molar refractivity (Wildman–Crippen MR) is 106 cm³/mol. The molecule has 6 heteroatoms. The molecule has 0 amide bonds. The van der Waals surface area contributed by atoms with Gasteiger partial charge in [-0.3, -0.25) is 10.4 Å². The van der Waals surface area contributed by atoms with Crippen molar-refractivity contribution in [1.29, 1.82) is 0 Å². The number of hydrogen-bond donors (Lipinski definition) is 2. The molecule has 0 spiro atoms. The lowest BCUT2D eigenvalue weighted by molar-refractivity contribution is 0.326. The van der Waals surface area contributed by atoms with Crippen molar-refractivity contribution in [2.75, 3.05) is 0 Å². The van der Waals surface area contributed by atoms with Crippen LogP contribution in [0.3, 0.4) is 0 Å². The van der Waals surface area contributed by atoms with Gasteiger partial charge in [0.1, 0.15) is 17.7 Å². The first kappa shape index (κ1) is 17.7. The molecule has 2 aromatic rings. The van der Waals surface area contributed by atoms with Gasteiger partial charge in [-0.25, -0.2) is 8.78 Å². The number of halogens is 2. The van der Waals surface area contributed by atoms with Crippen molar-refractivity contribution < 1.29 is 8.78 Å². The van der Waals surface area contributed by atoms with Crippen molar-refractivity contribution >= 4 is 23.4 Å². The number of benzene rings is 2. The smallest absolute Gasteiger partial charge is 0.186 e. The lowest BCUT2D eigenvalue weighted by Crippen LogP contribution is -2.43. The number of nitrogens with zero attached hydrogens (tertiary/aromatic N) is 1. The van der Waals surface area contributed by atoms with Crippen molar-refractivity contribution in [2.24, 2.45) is 5.73 Å². The number of nitrogens with one attached hydrogen (secondary N) is 1. The molecular formula is C21H19F2N3S. The van der Waals surface area contributed by atoms with E-state index in [1.165, 1.54) is 29.8 Å². The van der Waals surface area contributed by atoms with Crippen molar-refractivity contribution in [3.05, 3.63) is 88.1 Å². The molecule has 0 bridgehead atoms. The summed E-state index contributed by atoms with van der Waals surface area (Å²) >= 11 is 5.24. The Kier molecular flexibility index (Phi) is 4.66. The molecule has 1 atom stereocenters. The topological polar surface area (TPSA) is 41.3 Å². The van der Waals surface area contributed by atoms with E-state index in [1.807, 2.05) is 0 Å². The lowest BCUT2D eigenvalue weighted by Gasteiger charge is -2.27. The van der Waals surface area contributed by atoms with E-state index >= 15 is 0 Å². The Morgan fingerprint density at radius 3 is 2.30 bits per heavy atom. The van der Waals surface area contributed by atoms with Gasteiger partial charge in [0, 0.05) is 0 Å². The number of rotatable bonds is 2. The van der Waals surface area contributed by atoms with E-state index in [0.29, 0.717) is 0 Å². The molecule has 0 saturated carbocycles. The molecule has 2 aromatic carbocycles. The van der Waals surface area contributed by atoms with Crippen LogP contribution >= 0.6 is 12.2 Å². The van der Waals surface area contributed by atoms with E-state index in [4.69, 9.17) is 18.0 Å². The second-order valence-electron chi connectivity index (χ2n) is 6.75. The second kappa shape index (κ2) is 7.12. The summed E-state index contributed by atoms with van der Waals surface area (Å²) in [7, 11) is 0. The number of nitrogens with two attached hydrogens (primary N) is 1. The van der Waals surface area contributed by atoms with Crippen LogP contribution in [0.1, 0.15) is 36.4 Å². The standard InChI is InChI=1S/C21H19F2N3S/c22-16-8-4-13(5-9-16)12-15-2-1-3-18-19(15)25-26(21(24)27)20(18)14-6-10-17(23)11-7-14/h4-12,20,25H,1-3H2,(H2,24,27)/b15-12-/t20-/m0/s1. The molecule has 2 aliphatic rings. The first-order valence-corrected chi connectivity index (χ1v) is 9.24. The Bertz CT molecular complexity index is 933. The largest absolute Gasteiger partial charge is 0.375 e. The van der Waals surface area contributed by atoms with Gasteiger partial charge in [0.15, 0.2) is 5.11 Å². The van der Waals surface area contributed by atoms with Gasteiger partial charge < -0.3 is 5.73 Å². The average Bonchev–Trinajstić information content (AvgIpc) is 3.05. The van der Waals surface area contributed by atoms with Gasteiger partial charge >= 0.3 is 0 Å². The highest BCUT2D eigenvalue weighted by atomic mass is 32.1. The van der Waals surface area contributed by atoms with Crippen molar-refractivity contribution in [1.82, 2.24) is 10.4 Å². The molecule has 1 heterocycles. The Balaban J connectivity index is 1.76. The van der Waals surface area contributed by atoms with Crippen LogP contribution in [-0.2, 0) is 0 Å². The van der Waals surface area contributed by atoms with Crippen LogP contribution < -0.4 is 11.2 Å². The van der Waals surface area contributed by atoms with E-state index in [2.05, 4.69) is 11.5 Å². The van der Waals surface area contributed by atoms with Crippen molar-refractivity contribution in [2.45, 2.75) is 25.3 Å². The van der Waals surface area contributed by atoms with Gasteiger partial charge in [0.2, 0.25) is 0 Å². The Labute approximate surface area is 162 Å². The Morgan fingerprint density at radius 1 is 1.04 bits per heavy atom. The monoisotopic (exact) mass is 383 g/mol. The summed E-state index contributed by atoms with van der Waals surface area (Å²) in [5.41, 5.74) is 14.5. The van der Waals surface area contributed by atoms with Crippen LogP contribution in [0.2, 0.25) is 0 Å². The van der Waals surface area contributed by atoms with E-state index in [1.54, 1.807) is 29.3 Å². The first-order chi connectivity index (χ1) is 13.0. The van der Waals surface area contributed by atoms with Gasteiger partial charge in [-0.15, -0.1) is 0 Å². The van der Waals surface area contributed by atoms with E-state index in [9.17, 15) is 8.78 Å². The molecule has 27 heavy (non-hydrogen) atoms. The highest BCUT2D eigenvalue weighted by Crippen LogP contribution is 2.43. The fourth-order valence-corrected chi connectivity index (χ4v) is 3.92. The molecule has 0 radical (unpaired) electrons. The van der Waals surface area contributed by atoms with Crippen LogP contribution in [0.4, 0.5) is 8.78 Å². The molecule has 0 fully saturated rings. The Morgan fingerprint density at radius 2 is 1.67 bits per heavy atom. The van der Waals surface area contributed by atoms with E-state index in [0.717, 1.165) is 41.7 Å². The van der Waals surface area contributed by atoms with Gasteiger partial charge in [0.05, 0.1) is 5.70 Å². The third kappa shape index (κ3) is 3.45. The molecular weight excluding hydrogens is 364 g/mol. The molecule has 138 valence electrons. The molecule has 1 aliphatic carbocycles. The maximum absolute atomic E-state index is 13.4. The Hall–Kier alpha value is -2.73. The van der Waals surface area contributed by atoms with Gasteiger partial charge in [-0.1, -0.05) is 24.3 Å². The fraction of sp³-hybridized carbons (Fsp3) is 0.190. The zero-order chi connectivity index (χ0) is 19.0. The average molecular weight is 383 g/mol. The first-order valence-electron chi connectivity index (χ1n) is 8.83. The summed E-state index contributed by atoms with van der Waals surface area (Å²) in [5.74, 6) is -0.531. The summed E-state index contributed by atoms with van der Waals surface area (Å²) in [4.78, 5) is 0. The highest BCUT2D eigenvalue weighted by Gasteiger charge is 2.37. The number of thiocarbonyl (C=S) groups is 1. The van der Waals surface area contributed by atoms with E-state index < -0.39 is 0 Å². The van der Waals surface area contributed by atoms with Gasteiger partial charge in [-0.05, 0) is 84.1 Å². The van der Waals surface area contributed by atoms with Gasteiger partial charge in [0.25, 0.3) is 0 Å². The van der Waals surface area contributed by atoms with E-state index in [-0.39, 0.29) is 22.8 Å². The zero-order valence-corrected chi connectivity index (χ0v) is 15.4. The summed E-state index contributed by atoms with van der Waals surface area (Å²) in [5, 5.41) is 2.00. The van der Waals surface area contributed by atoms with Crippen LogP contribution in [0, 0.1) is 11.6 Å². The molecule has 3 N–H and O–H groups in total. The molecule has 0 unspecified atom stereocenters. The number of hydrazine groups is 1. The van der Waals surface area contributed by atoms with Gasteiger partial charge in [-0.2, -0.15) is 0 Å². The minimum absolute atomic E-state index is 0.157. The van der Waals surface area contributed by atoms with Crippen LogP contribution in [0.5, 0.6) is 0 Å². The van der Waals surface area contributed by atoms with Crippen molar-refractivity contribution in [3.63, 3.8) is 0 Å². The minimum atomic E-state index is -0.277. The fourth-order valence-electron chi connectivity index (χ4n) is 3.77. The van der Waals surface area contributed by atoms with Crippen LogP contribution in [0.25, 0.3) is 6.08 Å². The number of allylic oxidation sites excluding steroid dienone is 1. The summed E-state index contributed by atoms with van der Waals surface area (Å²) in [6.07, 6.45) is 4.87.